The van der Waals surface area contributed by atoms with Gasteiger partial charge in [0, 0.05) is 24.2 Å². The number of aryl methyl sites for hydroxylation is 1. The van der Waals surface area contributed by atoms with Crippen LogP contribution in [0.1, 0.15) is 30.1 Å². The zero-order valence-electron chi connectivity index (χ0n) is 11.6. The summed E-state index contributed by atoms with van der Waals surface area (Å²) in [6, 6.07) is -0.320. The number of sulfone groups is 1. The van der Waals surface area contributed by atoms with Crippen molar-refractivity contribution in [2.75, 3.05) is 24.6 Å². The number of nitrogens with zero attached hydrogens (tertiary/aromatic N) is 2. The van der Waals surface area contributed by atoms with Gasteiger partial charge in [0.2, 0.25) is 0 Å². The molecule has 1 aromatic heterocycles. The predicted octanol–water partition coefficient (Wildman–Crippen LogP) is 1.34. The molecule has 1 aliphatic heterocycles. The molecule has 8 heteroatoms. The standard InChI is InChI=1S/C12H19N3O3S2/c1-3-10(11-13-9(2)8-19-11)14-12(16)15-4-6-20(17,18)7-5-15/h8,10H,3-7H2,1-2H3,(H,14,16). The quantitative estimate of drug-likeness (QED) is 0.912. The second kappa shape index (κ2) is 6.09. The van der Waals surface area contributed by atoms with Gasteiger partial charge in [-0.15, -0.1) is 11.3 Å². The van der Waals surface area contributed by atoms with Gasteiger partial charge in [-0.3, -0.25) is 0 Å². The van der Waals surface area contributed by atoms with Crippen molar-refractivity contribution in [1.29, 1.82) is 0 Å². The van der Waals surface area contributed by atoms with Crippen LogP contribution in [0.2, 0.25) is 0 Å². The molecular formula is C12H19N3O3S2. The van der Waals surface area contributed by atoms with E-state index in [-0.39, 0.29) is 36.7 Å². The van der Waals surface area contributed by atoms with Crippen LogP contribution in [0.5, 0.6) is 0 Å². The van der Waals surface area contributed by atoms with Gasteiger partial charge in [-0.05, 0) is 13.3 Å². The topological polar surface area (TPSA) is 79.4 Å². The summed E-state index contributed by atoms with van der Waals surface area (Å²) in [5.74, 6) is 0.0984. The first-order chi connectivity index (χ1) is 9.41. The molecule has 2 heterocycles. The summed E-state index contributed by atoms with van der Waals surface area (Å²) in [5, 5.41) is 5.78. The first-order valence-electron chi connectivity index (χ1n) is 6.59. The summed E-state index contributed by atoms with van der Waals surface area (Å²) in [6.45, 7) is 4.44. The van der Waals surface area contributed by atoms with Gasteiger partial charge in [0.05, 0.1) is 17.5 Å². The minimum Gasteiger partial charge on any atom is -0.329 e. The van der Waals surface area contributed by atoms with E-state index in [1.807, 2.05) is 19.2 Å². The lowest BCUT2D eigenvalue weighted by atomic mass is 10.2. The molecule has 0 aromatic carbocycles. The van der Waals surface area contributed by atoms with E-state index < -0.39 is 9.84 Å². The number of carbonyl (C=O) groups excluding carboxylic acids is 1. The van der Waals surface area contributed by atoms with Crippen molar-refractivity contribution < 1.29 is 13.2 Å². The third-order valence-electron chi connectivity index (χ3n) is 3.27. The molecule has 1 unspecified atom stereocenters. The van der Waals surface area contributed by atoms with Crippen LogP contribution in [0.3, 0.4) is 0 Å². The number of aromatic nitrogens is 1. The van der Waals surface area contributed by atoms with Crippen LogP contribution in [0.15, 0.2) is 5.38 Å². The SMILES string of the molecule is CCC(NC(=O)N1CCS(=O)(=O)CC1)c1nc(C)cs1. The smallest absolute Gasteiger partial charge is 0.318 e. The highest BCUT2D eigenvalue weighted by molar-refractivity contribution is 7.91. The number of rotatable bonds is 3. The highest BCUT2D eigenvalue weighted by atomic mass is 32.2. The van der Waals surface area contributed by atoms with Crippen LogP contribution >= 0.6 is 11.3 Å². The molecule has 0 spiro atoms. The van der Waals surface area contributed by atoms with E-state index in [1.165, 1.54) is 11.3 Å². The maximum Gasteiger partial charge on any atom is 0.318 e. The monoisotopic (exact) mass is 317 g/mol. The van der Waals surface area contributed by atoms with E-state index in [1.54, 1.807) is 4.90 Å². The third kappa shape index (κ3) is 3.69. The molecule has 1 saturated heterocycles. The van der Waals surface area contributed by atoms with Gasteiger partial charge in [-0.25, -0.2) is 18.2 Å². The van der Waals surface area contributed by atoms with E-state index in [0.29, 0.717) is 0 Å². The first kappa shape index (κ1) is 15.2. The molecule has 1 atom stereocenters. The zero-order valence-corrected chi connectivity index (χ0v) is 13.3. The van der Waals surface area contributed by atoms with E-state index in [2.05, 4.69) is 10.3 Å². The molecule has 2 amide bonds. The van der Waals surface area contributed by atoms with E-state index in [9.17, 15) is 13.2 Å². The van der Waals surface area contributed by atoms with Gasteiger partial charge in [0.1, 0.15) is 5.01 Å². The Balaban J connectivity index is 1.96. The average Bonchev–Trinajstić information content (AvgIpc) is 2.82. The Hall–Kier alpha value is -1.15. The highest BCUT2D eigenvalue weighted by Gasteiger charge is 2.26. The number of hydrogen-bond acceptors (Lipinski definition) is 5. The van der Waals surface area contributed by atoms with Crippen molar-refractivity contribution in [3.8, 4) is 0 Å². The fourth-order valence-corrected chi connectivity index (χ4v) is 4.16. The van der Waals surface area contributed by atoms with Crippen molar-refractivity contribution >= 4 is 27.2 Å². The first-order valence-corrected chi connectivity index (χ1v) is 9.29. The number of nitrogens with one attached hydrogen (secondary N) is 1. The number of urea groups is 1. The molecule has 1 N–H and O–H groups in total. The van der Waals surface area contributed by atoms with Crippen LogP contribution < -0.4 is 5.32 Å². The van der Waals surface area contributed by atoms with Crippen molar-refractivity contribution in [3.63, 3.8) is 0 Å². The third-order valence-corrected chi connectivity index (χ3v) is 5.96. The molecule has 20 heavy (non-hydrogen) atoms. The Kier molecular flexibility index (Phi) is 4.64. The van der Waals surface area contributed by atoms with Gasteiger partial charge < -0.3 is 10.2 Å². The van der Waals surface area contributed by atoms with Crippen molar-refractivity contribution in [2.24, 2.45) is 0 Å². The van der Waals surface area contributed by atoms with E-state index in [4.69, 9.17) is 0 Å². The summed E-state index contributed by atoms with van der Waals surface area (Å²) < 4.78 is 22.7. The Morgan fingerprint density at radius 3 is 2.65 bits per heavy atom. The van der Waals surface area contributed by atoms with Gasteiger partial charge in [0.15, 0.2) is 9.84 Å². The largest absolute Gasteiger partial charge is 0.329 e. The lowest BCUT2D eigenvalue weighted by Crippen LogP contribution is -2.48. The van der Waals surface area contributed by atoms with Crippen LogP contribution in [-0.2, 0) is 9.84 Å². The van der Waals surface area contributed by atoms with Gasteiger partial charge in [-0.1, -0.05) is 6.92 Å². The van der Waals surface area contributed by atoms with Gasteiger partial charge >= 0.3 is 6.03 Å². The zero-order chi connectivity index (χ0) is 14.8. The normalized spacial score (nSPS) is 19.6. The molecule has 6 nitrogen and oxygen atoms in total. The molecule has 0 aliphatic carbocycles. The number of carbonyl (C=O) groups is 1. The lowest BCUT2D eigenvalue weighted by Gasteiger charge is -2.28. The highest BCUT2D eigenvalue weighted by Crippen LogP contribution is 2.21. The maximum absolute atomic E-state index is 12.2. The second-order valence-electron chi connectivity index (χ2n) is 4.88. The summed E-state index contributed by atoms with van der Waals surface area (Å²) in [6.07, 6.45) is 0.755. The van der Waals surface area contributed by atoms with E-state index in [0.717, 1.165) is 17.1 Å². The Bertz CT molecular complexity index is 569. The van der Waals surface area contributed by atoms with Crippen molar-refractivity contribution in [1.82, 2.24) is 15.2 Å². The van der Waals surface area contributed by atoms with Crippen LogP contribution in [0, 0.1) is 6.92 Å². The Morgan fingerprint density at radius 2 is 2.15 bits per heavy atom. The number of hydrogen-bond donors (Lipinski definition) is 1. The van der Waals surface area contributed by atoms with E-state index >= 15 is 0 Å². The van der Waals surface area contributed by atoms with Gasteiger partial charge in [-0.2, -0.15) is 0 Å². The molecular weight excluding hydrogens is 298 g/mol. The minimum absolute atomic E-state index is 0.0492. The van der Waals surface area contributed by atoms with Crippen LogP contribution in [-0.4, -0.2) is 48.9 Å². The summed E-state index contributed by atoms with van der Waals surface area (Å²) in [5.41, 5.74) is 0.946. The van der Waals surface area contributed by atoms with Crippen molar-refractivity contribution in [3.05, 3.63) is 16.1 Å². The predicted molar refractivity (Wildman–Crippen MR) is 78.6 cm³/mol. The molecule has 112 valence electrons. The average molecular weight is 317 g/mol. The summed E-state index contributed by atoms with van der Waals surface area (Å²) in [4.78, 5) is 18.1. The fraction of sp³-hybridized carbons (Fsp3) is 0.667. The Morgan fingerprint density at radius 1 is 1.50 bits per heavy atom. The fourth-order valence-electron chi connectivity index (χ4n) is 2.03. The number of amides is 2. The molecule has 1 aromatic rings. The summed E-state index contributed by atoms with van der Waals surface area (Å²) in [7, 11) is -2.96. The van der Waals surface area contributed by atoms with Crippen LogP contribution in [0.25, 0.3) is 0 Å². The number of thiazole rings is 1. The summed E-state index contributed by atoms with van der Waals surface area (Å²) >= 11 is 1.53. The van der Waals surface area contributed by atoms with Gasteiger partial charge in [0.25, 0.3) is 0 Å². The van der Waals surface area contributed by atoms with Crippen LogP contribution in [0.4, 0.5) is 4.79 Å². The lowest BCUT2D eigenvalue weighted by molar-refractivity contribution is 0.197. The van der Waals surface area contributed by atoms with Crippen molar-refractivity contribution in [2.45, 2.75) is 26.3 Å². The molecule has 0 saturated carbocycles. The Labute approximate surface area is 123 Å². The maximum atomic E-state index is 12.2. The minimum atomic E-state index is -2.96. The second-order valence-corrected chi connectivity index (χ2v) is 8.07. The molecule has 1 fully saturated rings. The molecule has 1 aliphatic rings. The molecule has 0 bridgehead atoms. The molecule has 0 radical (unpaired) electrons. The molecule has 2 rings (SSSR count).